The van der Waals surface area contributed by atoms with Crippen LogP contribution in [0.2, 0.25) is 5.02 Å². The molecule has 2 aromatic carbocycles. The van der Waals surface area contributed by atoms with Gasteiger partial charge in [0.05, 0.1) is 13.5 Å². The molecule has 194 valence electrons. The normalized spacial score (nSPS) is 12.2. The van der Waals surface area contributed by atoms with Crippen molar-refractivity contribution in [1.82, 2.24) is 16.1 Å². The van der Waals surface area contributed by atoms with Gasteiger partial charge in [0.25, 0.3) is 0 Å². The Bertz CT molecular complexity index is 1000. The van der Waals surface area contributed by atoms with Crippen molar-refractivity contribution >= 4 is 35.3 Å². The van der Waals surface area contributed by atoms with Crippen LogP contribution >= 0.6 is 11.6 Å². The van der Waals surface area contributed by atoms with E-state index in [2.05, 4.69) is 15.4 Å². The molecule has 0 aliphatic heterocycles. The van der Waals surface area contributed by atoms with Crippen LogP contribution in [0.15, 0.2) is 54.6 Å². The number of benzene rings is 2. The number of esters is 1. The van der Waals surface area contributed by atoms with Gasteiger partial charge in [-0.3, -0.25) is 24.4 Å². The minimum atomic E-state index is -0.923. The van der Waals surface area contributed by atoms with Crippen molar-refractivity contribution in [2.75, 3.05) is 13.7 Å². The monoisotopic (exact) mass is 517 g/mol. The largest absolute Gasteiger partial charge is 0.469 e. The average Bonchev–Trinajstić information content (AvgIpc) is 2.88. The molecule has 2 atom stereocenters. The van der Waals surface area contributed by atoms with Crippen LogP contribution in [0.3, 0.4) is 0 Å². The molecule has 0 aliphatic rings. The maximum atomic E-state index is 13.2. The highest BCUT2D eigenvalue weighted by Crippen LogP contribution is 2.17. The molecule has 0 bridgehead atoms. The van der Waals surface area contributed by atoms with Crippen molar-refractivity contribution in [3.63, 3.8) is 0 Å². The Kier molecular flexibility index (Phi) is 12.4. The second kappa shape index (κ2) is 15.5. The number of carbonyl (C=O) groups excluding carboxylic acids is 4. The molecule has 0 heterocycles. The third-order valence-corrected chi connectivity index (χ3v) is 5.88. The van der Waals surface area contributed by atoms with Crippen LogP contribution in [0.1, 0.15) is 36.8 Å². The van der Waals surface area contributed by atoms with Gasteiger partial charge in [0.2, 0.25) is 17.7 Å². The molecule has 0 aliphatic carbocycles. The Balaban J connectivity index is 2.07. The minimum Gasteiger partial charge on any atom is -0.469 e. The molecule has 4 N–H and O–H groups in total. The van der Waals surface area contributed by atoms with Crippen molar-refractivity contribution in [1.29, 1.82) is 0 Å². The fraction of sp³-hybridized carbons (Fsp3) is 0.385. The summed E-state index contributed by atoms with van der Waals surface area (Å²) in [5.74, 6) is -2.84. The van der Waals surface area contributed by atoms with E-state index in [0.717, 1.165) is 11.1 Å². The summed E-state index contributed by atoms with van der Waals surface area (Å²) in [5.41, 5.74) is 3.44. The first-order valence-electron chi connectivity index (χ1n) is 11.7. The standard InChI is InChI=1S/C26H32ClN3O6/c1-36-24(32)14-15-28-26(34)22(16-19-6-3-2-4-7-19)29-25(33)20(17-23(31)30-35)9-5-8-18-10-12-21(27)13-11-18/h2-4,6-7,10-13,20,22,35H,5,8-9,14-17H2,1H3,(H,28,34)(H,29,33)(H,30,31)/t20-,22+/m1/s1. The first-order chi connectivity index (χ1) is 17.3. The maximum absolute atomic E-state index is 13.2. The van der Waals surface area contributed by atoms with Gasteiger partial charge in [0, 0.05) is 30.3 Å². The molecule has 0 aromatic heterocycles. The van der Waals surface area contributed by atoms with E-state index in [0.29, 0.717) is 24.3 Å². The number of halogens is 1. The number of carbonyl (C=O) groups is 4. The summed E-state index contributed by atoms with van der Waals surface area (Å²) in [6.45, 7) is 0.0596. The zero-order valence-corrected chi connectivity index (χ0v) is 20.9. The summed E-state index contributed by atoms with van der Waals surface area (Å²) >= 11 is 5.92. The summed E-state index contributed by atoms with van der Waals surface area (Å²) in [6.07, 6.45) is 1.63. The molecule has 2 rings (SSSR count). The molecular weight excluding hydrogens is 486 g/mol. The maximum Gasteiger partial charge on any atom is 0.307 e. The van der Waals surface area contributed by atoms with E-state index in [4.69, 9.17) is 16.8 Å². The van der Waals surface area contributed by atoms with Crippen LogP contribution in [-0.4, -0.2) is 48.6 Å². The van der Waals surface area contributed by atoms with Gasteiger partial charge in [-0.25, -0.2) is 5.48 Å². The van der Waals surface area contributed by atoms with E-state index >= 15 is 0 Å². The quantitative estimate of drug-likeness (QED) is 0.173. The van der Waals surface area contributed by atoms with Crippen LogP contribution in [-0.2, 0) is 36.8 Å². The third kappa shape index (κ3) is 10.5. The van der Waals surface area contributed by atoms with Crippen LogP contribution in [0.4, 0.5) is 0 Å². The number of aryl methyl sites for hydroxylation is 1. The molecule has 0 radical (unpaired) electrons. The van der Waals surface area contributed by atoms with Gasteiger partial charge >= 0.3 is 5.97 Å². The number of hydroxylamine groups is 1. The van der Waals surface area contributed by atoms with Crippen LogP contribution in [0.5, 0.6) is 0 Å². The van der Waals surface area contributed by atoms with Crippen LogP contribution < -0.4 is 16.1 Å². The number of rotatable bonds is 14. The van der Waals surface area contributed by atoms with E-state index in [9.17, 15) is 19.2 Å². The first kappa shape index (κ1) is 28.8. The molecule has 0 saturated carbocycles. The first-order valence-corrected chi connectivity index (χ1v) is 12.1. The Morgan fingerprint density at radius 3 is 2.31 bits per heavy atom. The van der Waals surface area contributed by atoms with Crippen LogP contribution in [0, 0.1) is 5.92 Å². The van der Waals surface area contributed by atoms with Gasteiger partial charge in [0.1, 0.15) is 6.04 Å². The lowest BCUT2D eigenvalue weighted by Crippen LogP contribution is -2.50. The predicted molar refractivity (Wildman–Crippen MR) is 134 cm³/mol. The number of hydrogen-bond acceptors (Lipinski definition) is 6. The number of methoxy groups -OCH3 is 1. The zero-order valence-electron chi connectivity index (χ0n) is 20.2. The number of amides is 3. The Morgan fingerprint density at radius 1 is 0.972 bits per heavy atom. The summed E-state index contributed by atoms with van der Waals surface area (Å²) in [5, 5.41) is 15.0. The Hall–Kier alpha value is -3.43. The smallest absolute Gasteiger partial charge is 0.307 e. The molecule has 0 saturated heterocycles. The fourth-order valence-electron chi connectivity index (χ4n) is 3.66. The molecule has 3 amide bonds. The SMILES string of the molecule is COC(=O)CCNC(=O)[C@H](Cc1ccccc1)NC(=O)[C@H](CCCc1ccc(Cl)cc1)CC(=O)NO. The van der Waals surface area contributed by atoms with Crippen molar-refractivity contribution in [2.24, 2.45) is 5.92 Å². The molecule has 36 heavy (non-hydrogen) atoms. The van der Waals surface area contributed by atoms with Gasteiger partial charge in [-0.05, 0) is 42.5 Å². The van der Waals surface area contributed by atoms with E-state index in [1.165, 1.54) is 7.11 Å². The number of nitrogens with one attached hydrogen (secondary N) is 3. The molecule has 10 heteroatoms. The summed E-state index contributed by atoms with van der Waals surface area (Å²) in [6, 6.07) is 15.6. The molecule has 0 unspecified atom stereocenters. The second-order valence-corrected chi connectivity index (χ2v) is 8.76. The van der Waals surface area contributed by atoms with Gasteiger partial charge in [-0.15, -0.1) is 0 Å². The molecular formula is C26H32ClN3O6. The second-order valence-electron chi connectivity index (χ2n) is 8.32. The number of ether oxygens (including phenoxy) is 1. The Labute approximate surface area is 215 Å². The zero-order chi connectivity index (χ0) is 26.3. The lowest BCUT2D eigenvalue weighted by Gasteiger charge is -2.22. The summed E-state index contributed by atoms with van der Waals surface area (Å²) < 4.78 is 4.58. The topological polar surface area (TPSA) is 134 Å². The van der Waals surface area contributed by atoms with E-state index in [-0.39, 0.29) is 25.8 Å². The van der Waals surface area contributed by atoms with Crippen molar-refractivity contribution in [3.8, 4) is 0 Å². The van der Waals surface area contributed by atoms with E-state index < -0.39 is 35.7 Å². The van der Waals surface area contributed by atoms with E-state index in [1.807, 2.05) is 42.5 Å². The summed E-state index contributed by atoms with van der Waals surface area (Å²) in [4.78, 5) is 49.3. The highest BCUT2D eigenvalue weighted by molar-refractivity contribution is 6.30. The van der Waals surface area contributed by atoms with Crippen molar-refractivity contribution in [2.45, 2.75) is 44.6 Å². The van der Waals surface area contributed by atoms with E-state index in [1.54, 1.807) is 17.6 Å². The lowest BCUT2D eigenvalue weighted by molar-refractivity contribution is -0.140. The van der Waals surface area contributed by atoms with Crippen LogP contribution in [0.25, 0.3) is 0 Å². The van der Waals surface area contributed by atoms with Gasteiger partial charge < -0.3 is 15.4 Å². The molecule has 9 nitrogen and oxygen atoms in total. The van der Waals surface area contributed by atoms with Gasteiger partial charge in [-0.1, -0.05) is 54.1 Å². The van der Waals surface area contributed by atoms with Crippen molar-refractivity contribution in [3.05, 3.63) is 70.7 Å². The number of hydrogen-bond donors (Lipinski definition) is 4. The van der Waals surface area contributed by atoms with Crippen molar-refractivity contribution < 1.29 is 29.1 Å². The summed E-state index contributed by atoms with van der Waals surface area (Å²) in [7, 11) is 1.26. The highest BCUT2D eigenvalue weighted by atomic mass is 35.5. The molecule has 0 spiro atoms. The lowest BCUT2D eigenvalue weighted by atomic mass is 9.94. The third-order valence-electron chi connectivity index (χ3n) is 5.63. The van der Waals surface area contributed by atoms with Gasteiger partial charge in [-0.2, -0.15) is 0 Å². The molecule has 0 fully saturated rings. The minimum absolute atomic E-state index is 0.00175. The Morgan fingerprint density at radius 2 is 1.67 bits per heavy atom. The highest BCUT2D eigenvalue weighted by Gasteiger charge is 2.27. The fourth-order valence-corrected chi connectivity index (χ4v) is 3.79. The predicted octanol–water partition coefficient (Wildman–Crippen LogP) is 2.58. The molecule has 2 aromatic rings. The average molecular weight is 518 g/mol. The van der Waals surface area contributed by atoms with Gasteiger partial charge in [0.15, 0.2) is 0 Å².